The number of hydrazone groups is 1. The van der Waals surface area contributed by atoms with Gasteiger partial charge in [0.05, 0.1) is 12.7 Å². The minimum atomic E-state index is -0.291. The fourth-order valence-corrected chi connectivity index (χ4v) is 2.47. The van der Waals surface area contributed by atoms with E-state index in [1.54, 1.807) is 18.2 Å². The topological polar surface area (TPSA) is 50.7 Å². The van der Waals surface area contributed by atoms with Gasteiger partial charge in [0.2, 0.25) is 0 Å². The first kappa shape index (κ1) is 14.9. The molecule has 1 aliphatic rings. The van der Waals surface area contributed by atoms with Crippen LogP contribution in [-0.2, 0) is 0 Å². The number of carbonyl (C=O) groups excluding carboxylic acids is 1. The Hall–Kier alpha value is -1.55. The quantitative estimate of drug-likeness (QED) is 0.681. The molecule has 0 unspecified atom stereocenters. The van der Waals surface area contributed by atoms with Crippen molar-refractivity contribution >= 4 is 23.2 Å². The number of nitrogens with one attached hydrogen (secondary N) is 1. The van der Waals surface area contributed by atoms with Gasteiger partial charge >= 0.3 is 0 Å². The second-order valence-corrected chi connectivity index (χ2v) is 5.31. The minimum absolute atomic E-state index is 0.291. The summed E-state index contributed by atoms with van der Waals surface area (Å²) in [6, 6.07) is 4.95. The van der Waals surface area contributed by atoms with Gasteiger partial charge in [0, 0.05) is 10.7 Å². The molecule has 1 N–H and O–H groups in total. The maximum Gasteiger partial charge on any atom is 0.275 e. The van der Waals surface area contributed by atoms with E-state index in [0.29, 0.717) is 16.3 Å². The van der Waals surface area contributed by atoms with Crippen molar-refractivity contribution in [3.63, 3.8) is 0 Å². The Balaban J connectivity index is 2.07. The maximum atomic E-state index is 12.1. The molecule has 1 amide bonds. The molecular formula is C15H19ClN2O2. The molecule has 1 fully saturated rings. The van der Waals surface area contributed by atoms with Gasteiger partial charge in [-0.2, -0.15) is 5.10 Å². The van der Waals surface area contributed by atoms with Gasteiger partial charge in [-0.25, -0.2) is 5.43 Å². The molecule has 5 heteroatoms. The highest BCUT2D eigenvalue weighted by molar-refractivity contribution is 6.31. The molecule has 1 saturated carbocycles. The van der Waals surface area contributed by atoms with Crippen LogP contribution in [0.5, 0.6) is 5.75 Å². The molecule has 0 saturated heterocycles. The lowest BCUT2D eigenvalue weighted by atomic mass is 10.2. The Morgan fingerprint density at radius 1 is 1.25 bits per heavy atom. The van der Waals surface area contributed by atoms with Crippen molar-refractivity contribution < 1.29 is 9.53 Å². The molecule has 1 aliphatic carbocycles. The van der Waals surface area contributed by atoms with Crippen molar-refractivity contribution in [1.82, 2.24) is 5.43 Å². The lowest BCUT2D eigenvalue weighted by molar-refractivity contribution is 0.0951. The predicted molar refractivity (Wildman–Crippen MR) is 80.6 cm³/mol. The van der Waals surface area contributed by atoms with Gasteiger partial charge in [-0.05, 0) is 43.9 Å². The third-order valence-electron chi connectivity index (χ3n) is 3.40. The van der Waals surface area contributed by atoms with Crippen LogP contribution in [0.15, 0.2) is 23.3 Å². The third kappa shape index (κ3) is 3.97. The summed E-state index contributed by atoms with van der Waals surface area (Å²) in [5.41, 5.74) is 4.08. The van der Waals surface area contributed by atoms with Crippen LogP contribution in [-0.4, -0.2) is 18.7 Å². The van der Waals surface area contributed by atoms with Crippen molar-refractivity contribution in [3.05, 3.63) is 28.8 Å². The fraction of sp³-hybridized carbons (Fsp3) is 0.467. The first-order valence-corrected chi connectivity index (χ1v) is 7.28. The Bertz CT molecular complexity index is 505. The second kappa shape index (κ2) is 7.29. The smallest absolute Gasteiger partial charge is 0.275 e. The van der Waals surface area contributed by atoms with Crippen molar-refractivity contribution in [1.29, 1.82) is 0 Å². The van der Waals surface area contributed by atoms with Crippen LogP contribution in [0.2, 0.25) is 5.02 Å². The number of hydrogen-bond donors (Lipinski definition) is 1. The summed E-state index contributed by atoms with van der Waals surface area (Å²) in [7, 11) is 1.53. The number of methoxy groups -OCH3 is 1. The largest absolute Gasteiger partial charge is 0.496 e. The van der Waals surface area contributed by atoms with Crippen molar-refractivity contribution in [2.45, 2.75) is 38.5 Å². The third-order valence-corrected chi connectivity index (χ3v) is 3.64. The van der Waals surface area contributed by atoms with Crippen molar-refractivity contribution in [2.24, 2.45) is 5.10 Å². The SMILES string of the molecule is COc1ccc(Cl)cc1C(=O)NN=C1CCCCCC1. The summed E-state index contributed by atoms with van der Waals surface area (Å²) in [6.07, 6.45) is 6.72. The monoisotopic (exact) mass is 294 g/mol. The highest BCUT2D eigenvalue weighted by atomic mass is 35.5. The van der Waals surface area contributed by atoms with Crippen LogP contribution >= 0.6 is 11.6 Å². The summed E-state index contributed by atoms with van der Waals surface area (Å²) < 4.78 is 5.17. The molecule has 0 aliphatic heterocycles. The van der Waals surface area contributed by atoms with Gasteiger partial charge in [-0.1, -0.05) is 24.4 Å². The Morgan fingerprint density at radius 2 is 1.95 bits per heavy atom. The van der Waals surface area contributed by atoms with E-state index in [1.807, 2.05) is 0 Å². The summed E-state index contributed by atoms with van der Waals surface area (Å²) in [4.78, 5) is 12.1. The number of halogens is 1. The number of nitrogens with zero attached hydrogens (tertiary/aromatic N) is 1. The predicted octanol–water partition coefficient (Wildman–Crippen LogP) is 3.79. The highest BCUT2D eigenvalue weighted by Crippen LogP contribution is 2.22. The number of hydrogen-bond acceptors (Lipinski definition) is 3. The van der Waals surface area contributed by atoms with E-state index in [9.17, 15) is 4.79 Å². The first-order chi connectivity index (χ1) is 9.70. The molecule has 1 aromatic rings. The summed E-state index contributed by atoms with van der Waals surface area (Å²) >= 11 is 5.92. The van der Waals surface area contributed by atoms with E-state index in [-0.39, 0.29) is 5.91 Å². The molecule has 2 rings (SSSR count). The number of ether oxygens (including phenoxy) is 1. The number of rotatable bonds is 3. The Morgan fingerprint density at radius 3 is 2.60 bits per heavy atom. The zero-order chi connectivity index (χ0) is 14.4. The molecule has 0 atom stereocenters. The van der Waals surface area contributed by atoms with Gasteiger partial charge in [-0.3, -0.25) is 4.79 Å². The van der Waals surface area contributed by atoms with Crippen molar-refractivity contribution in [2.75, 3.05) is 7.11 Å². The summed E-state index contributed by atoms with van der Waals surface area (Å²) in [5.74, 6) is 0.203. The van der Waals surface area contributed by atoms with Crippen LogP contribution in [0, 0.1) is 0 Å². The van der Waals surface area contributed by atoms with Crippen molar-refractivity contribution in [3.8, 4) is 5.75 Å². The molecule has 0 spiro atoms. The van der Waals surface area contributed by atoms with Crippen LogP contribution in [0.1, 0.15) is 48.9 Å². The van der Waals surface area contributed by atoms with E-state index < -0.39 is 0 Å². The molecular weight excluding hydrogens is 276 g/mol. The normalized spacial score (nSPS) is 15.4. The maximum absolute atomic E-state index is 12.1. The average molecular weight is 295 g/mol. The van der Waals surface area contributed by atoms with Gasteiger partial charge in [0.1, 0.15) is 5.75 Å². The molecule has 0 aromatic heterocycles. The number of carbonyl (C=O) groups is 1. The van der Waals surface area contributed by atoms with E-state index in [4.69, 9.17) is 16.3 Å². The van der Waals surface area contributed by atoms with Gasteiger partial charge < -0.3 is 4.74 Å². The standard InChI is InChI=1S/C15H19ClN2O2/c1-20-14-9-8-11(16)10-13(14)15(19)18-17-12-6-4-2-3-5-7-12/h8-10H,2-7H2,1H3,(H,18,19). The molecule has 0 radical (unpaired) electrons. The second-order valence-electron chi connectivity index (χ2n) is 4.88. The molecule has 0 bridgehead atoms. The molecule has 4 nitrogen and oxygen atoms in total. The first-order valence-electron chi connectivity index (χ1n) is 6.90. The van der Waals surface area contributed by atoms with E-state index in [0.717, 1.165) is 31.4 Å². The lowest BCUT2D eigenvalue weighted by Crippen LogP contribution is -2.20. The molecule has 0 heterocycles. The molecule has 20 heavy (non-hydrogen) atoms. The van der Waals surface area contributed by atoms with E-state index in [1.165, 1.54) is 20.0 Å². The highest BCUT2D eigenvalue weighted by Gasteiger charge is 2.13. The van der Waals surface area contributed by atoms with Gasteiger partial charge in [-0.15, -0.1) is 0 Å². The zero-order valence-electron chi connectivity index (χ0n) is 11.6. The van der Waals surface area contributed by atoms with E-state index in [2.05, 4.69) is 10.5 Å². The molecule has 108 valence electrons. The average Bonchev–Trinajstić information content (AvgIpc) is 2.73. The zero-order valence-corrected chi connectivity index (χ0v) is 12.4. The van der Waals surface area contributed by atoms with E-state index >= 15 is 0 Å². The molecule has 1 aromatic carbocycles. The Labute approximate surface area is 124 Å². The minimum Gasteiger partial charge on any atom is -0.496 e. The number of benzene rings is 1. The fourth-order valence-electron chi connectivity index (χ4n) is 2.30. The number of amides is 1. The Kier molecular flexibility index (Phi) is 5.41. The summed E-state index contributed by atoms with van der Waals surface area (Å²) in [5, 5.41) is 4.74. The van der Waals surface area contributed by atoms with Gasteiger partial charge in [0.25, 0.3) is 5.91 Å². The van der Waals surface area contributed by atoms with Crippen LogP contribution in [0.4, 0.5) is 0 Å². The summed E-state index contributed by atoms with van der Waals surface area (Å²) in [6.45, 7) is 0. The van der Waals surface area contributed by atoms with Crippen LogP contribution in [0.3, 0.4) is 0 Å². The van der Waals surface area contributed by atoms with Crippen LogP contribution < -0.4 is 10.2 Å². The van der Waals surface area contributed by atoms with Gasteiger partial charge in [0.15, 0.2) is 0 Å². The lowest BCUT2D eigenvalue weighted by Gasteiger charge is -2.08. The van der Waals surface area contributed by atoms with Crippen LogP contribution in [0.25, 0.3) is 0 Å².